The quantitative estimate of drug-likeness (QED) is 0.715. The monoisotopic (exact) mass is 295 g/mol. The lowest BCUT2D eigenvalue weighted by Gasteiger charge is -2.16. The molecule has 0 saturated heterocycles. The Morgan fingerprint density at radius 1 is 1.38 bits per heavy atom. The van der Waals surface area contributed by atoms with Crippen LogP contribution >= 0.6 is 0 Å². The van der Waals surface area contributed by atoms with Crippen molar-refractivity contribution < 1.29 is 24.5 Å². The second-order valence-electron chi connectivity index (χ2n) is 4.87. The minimum absolute atomic E-state index is 0.00889. The van der Waals surface area contributed by atoms with E-state index < -0.39 is 17.9 Å². The molecule has 0 unspecified atom stereocenters. The lowest BCUT2D eigenvalue weighted by atomic mass is 10.1. The van der Waals surface area contributed by atoms with Crippen molar-refractivity contribution in [1.82, 2.24) is 5.32 Å². The number of aliphatic carboxylic acids is 1. The first-order valence-electron chi connectivity index (χ1n) is 6.82. The summed E-state index contributed by atoms with van der Waals surface area (Å²) in [4.78, 5) is 23.3. The maximum atomic E-state index is 12.2. The lowest BCUT2D eigenvalue weighted by molar-refractivity contribution is -0.139. The van der Waals surface area contributed by atoms with Crippen LogP contribution in [-0.4, -0.2) is 35.2 Å². The number of carbonyl (C=O) groups is 2. The Balaban J connectivity index is 2.97. The molecule has 6 nitrogen and oxygen atoms in total. The Labute approximate surface area is 123 Å². The van der Waals surface area contributed by atoms with Gasteiger partial charge in [-0.3, -0.25) is 4.79 Å². The highest BCUT2D eigenvalue weighted by atomic mass is 16.5. The van der Waals surface area contributed by atoms with Crippen molar-refractivity contribution >= 4 is 11.9 Å². The molecular weight excluding hydrogens is 274 g/mol. The van der Waals surface area contributed by atoms with E-state index in [0.717, 1.165) is 12.0 Å². The van der Waals surface area contributed by atoms with Crippen molar-refractivity contribution in [1.29, 1.82) is 0 Å². The number of phenols is 1. The molecule has 3 N–H and O–H groups in total. The minimum atomic E-state index is -1.09. The second kappa shape index (κ2) is 7.52. The number of unbranched alkanes of at least 4 members (excludes halogenated alkanes) is 1. The number of ether oxygens (including phenoxy) is 1. The first-order chi connectivity index (χ1) is 9.90. The van der Waals surface area contributed by atoms with E-state index in [1.807, 2.05) is 6.92 Å². The normalized spacial score (nSPS) is 11.8. The number of rotatable bonds is 7. The van der Waals surface area contributed by atoms with E-state index in [0.29, 0.717) is 12.8 Å². The molecule has 0 fully saturated rings. The van der Waals surface area contributed by atoms with Gasteiger partial charge in [0.2, 0.25) is 0 Å². The fourth-order valence-electron chi connectivity index (χ4n) is 1.98. The Kier molecular flexibility index (Phi) is 6.02. The highest BCUT2D eigenvalue weighted by Gasteiger charge is 2.23. The van der Waals surface area contributed by atoms with E-state index >= 15 is 0 Å². The molecule has 0 heterocycles. The lowest BCUT2D eigenvalue weighted by Crippen LogP contribution is -2.40. The van der Waals surface area contributed by atoms with E-state index in [4.69, 9.17) is 9.84 Å². The summed E-state index contributed by atoms with van der Waals surface area (Å²) in [5.41, 5.74) is 0.741. The number of carbonyl (C=O) groups excluding carboxylic acids is 1. The second-order valence-corrected chi connectivity index (χ2v) is 4.87. The number of aromatic hydroxyl groups is 1. The van der Waals surface area contributed by atoms with Crippen molar-refractivity contribution in [3.05, 3.63) is 23.3 Å². The minimum Gasteiger partial charge on any atom is -0.504 e. The zero-order chi connectivity index (χ0) is 16.0. The highest BCUT2D eigenvalue weighted by molar-refractivity contribution is 5.99. The van der Waals surface area contributed by atoms with Crippen LogP contribution in [0.25, 0.3) is 0 Å². The highest BCUT2D eigenvalue weighted by Crippen LogP contribution is 2.31. The fourth-order valence-corrected chi connectivity index (χ4v) is 1.98. The van der Waals surface area contributed by atoms with Crippen LogP contribution in [0.15, 0.2) is 12.1 Å². The molecule has 0 spiro atoms. The number of carboxylic acids is 1. The summed E-state index contributed by atoms with van der Waals surface area (Å²) in [5, 5.41) is 21.5. The number of methoxy groups -OCH3 is 1. The van der Waals surface area contributed by atoms with Gasteiger partial charge in [-0.25, -0.2) is 4.79 Å². The molecule has 21 heavy (non-hydrogen) atoms. The van der Waals surface area contributed by atoms with Crippen LogP contribution in [0.3, 0.4) is 0 Å². The van der Waals surface area contributed by atoms with E-state index in [1.54, 1.807) is 13.0 Å². The maximum Gasteiger partial charge on any atom is 0.326 e. The molecule has 0 aliphatic rings. The van der Waals surface area contributed by atoms with Crippen LogP contribution < -0.4 is 10.1 Å². The third-order valence-corrected chi connectivity index (χ3v) is 3.13. The van der Waals surface area contributed by atoms with Gasteiger partial charge in [0.25, 0.3) is 5.91 Å². The Hall–Kier alpha value is -2.24. The first-order valence-corrected chi connectivity index (χ1v) is 6.82. The van der Waals surface area contributed by atoms with Crippen molar-refractivity contribution in [2.75, 3.05) is 7.11 Å². The molecule has 0 aliphatic carbocycles. The van der Waals surface area contributed by atoms with Crippen molar-refractivity contribution in [2.24, 2.45) is 0 Å². The van der Waals surface area contributed by atoms with Gasteiger partial charge in [0, 0.05) is 0 Å². The zero-order valence-electron chi connectivity index (χ0n) is 12.5. The van der Waals surface area contributed by atoms with E-state index in [2.05, 4.69) is 5.32 Å². The maximum absolute atomic E-state index is 12.2. The number of hydrogen-bond donors (Lipinski definition) is 3. The van der Waals surface area contributed by atoms with Gasteiger partial charge in [-0.1, -0.05) is 19.8 Å². The summed E-state index contributed by atoms with van der Waals surface area (Å²) in [6, 6.07) is 2.12. The van der Waals surface area contributed by atoms with Gasteiger partial charge in [0.1, 0.15) is 6.04 Å². The molecule has 6 heteroatoms. The fraction of sp³-hybridized carbons (Fsp3) is 0.467. The number of phenolic OH excluding ortho intramolecular Hbond substituents is 1. The number of hydrogen-bond acceptors (Lipinski definition) is 4. The molecule has 1 aromatic rings. The van der Waals surface area contributed by atoms with E-state index in [-0.39, 0.29) is 17.1 Å². The first kappa shape index (κ1) is 16.8. The van der Waals surface area contributed by atoms with Crippen molar-refractivity contribution in [3.8, 4) is 11.5 Å². The molecule has 1 rings (SSSR count). The molecular formula is C15H21NO5. The number of nitrogens with one attached hydrogen (secondary N) is 1. The SMILES string of the molecule is CCCC[C@H](NC(=O)c1cc(C)cc(OC)c1O)C(=O)O. The molecule has 0 saturated carbocycles. The number of aryl methyl sites for hydroxylation is 1. The zero-order valence-corrected chi connectivity index (χ0v) is 12.5. The molecule has 0 radical (unpaired) electrons. The topological polar surface area (TPSA) is 95.9 Å². The molecule has 0 bridgehead atoms. The number of benzene rings is 1. The Morgan fingerprint density at radius 3 is 2.57 bits per heavy atom. The number of carboxylic acid groups (broad SMARTS) is 1. The van der Waals surface area contributed by atoms with Crippen LogP contribution in [0.2, 0.25) is 0 Å². The molecule has 1 aromatic carbocycles. The van der Waals surface area contributed by atoms with E-state index in [1.165, 1.54) is 13.2 Å². The van der Waals surface area contributed by atoms with Gasteiger partial charge in [-0.05, 0) is 31.0 Å². The summed E-state index contributed by atoms with van der Waals surface area (Å²) in [5.74, 6) is -1.82. The van der Waals surface area contributed by atoms with Gasteiger partial charge in [0.05, 0.1) is 12.7 Å². The van der Waals surface area contributed by atoms with E-state index in [9.17, 15) is 14.7 Å². The Morgan fingerprint density at radius 2 is 2.05 bits per heavy atom. The summed E-state index contributed by atoms with van der Waals surface area (Å²) >= 11 is 0. The molecule has 116 valence electrons. The van der Waals surface area contributed by atoms with Crippen LogP contribution in [-0.2, 0) is 4.79 Å². The molecule has 1 atom stereocenters. The number of amides is 1. The third kappa shape index (κ3) is 4.37. The average Bonchev–Trinajstić information content (AvgIpc) is 2.44. The predicted molar refractivity (Wildman–Crippen MR) is 77.8 cm³/mol. The van der Waals surface area contributed by atoms with Gasteiger partial charge < -0.3 is 20.3 Å². The summed E-state index contributed by atoms with van der Waals surface area (Å²) in [6.07, 6.45) is 1.88. The molecule has 0 aromatic heterocycles. The van der Waals surface area contributed by atoms with Crippen molar-refractivity contribution in [2.45, 2.75) is 39.2 Å². The van der Waals surface area contributed by atoms with Crippen LogP contribution in [0.1, 0.15) is 42.1 Å². The summed E-state index contributed by atoms with van der Waals surface area (Å²) in [7, 11) is 1.39. The molecule has 1 amide bonds. The van der Waals surface area contributed by atoms with Crippen LogP contribution in [0, 0.1) is 6.92 Å². The summed E-state index contributed by atoms with van der Waals surface area (Å²) < 4.78 is 4.99. The average molecular weight is 295 g/mol. The summed E-state index contributed by atoms with van der Waals surface area (Å²) in [6.45, 7) is 3.70. The van der Waals surface area contributed by atoms with Crippen LogP contribution in [0.4, 0.5) is 0 Å². The van der Waals surface area contributed by atoms with Gasteiger partial charge in [-0.2, -0.15) is 0 Å². The van der Waals surface area contributed by atoms with Crippen LogP contribution in [0.5, 0.6) is 11.5 Å². The molecule has 0 aliphatic heterocycles. The van der Waals surface area contributed by atoms with Gasteiger partial charge in [0.15, 0.2) is 11.5 Å². The largest absolute Gasteiger partial charge is 0.504 e. The smallest absolute Gasteiger partial charge is 0.326 e. The van der Waals surface area contributed by atoms with Gasteiger partial charge in [-0.15, -0.1) is 0 Å². The van der Waals surface area contributed by atoms with Crippen molar-refractivity contribution in [3.63, 3.8) is 0 Å². The standard InChI is InChI=1S/C15H21NO5/c1-4-5-6-11(15(19)20)16-14(18)10-7-9(2)8-12(21-3)13(10)17/h7-8,11,17H,4-6H2,1-3H3,(H,16,18)(H,19,20)/t11-/m0/s1. The Bertz CT molecular complexity index is 527. The predicted octanol–water partition coefficient (Wildman–Crippen LogP) is 2.08. The third-order valence-electron chi connectivity index (χ3n) is 3.13. The van der Waals surface area contributed by atoms with Gasteiger partial charge >= 0.3 is 5.97 Å².